The lowest BCUT2D eigenvalue weighted by Gasteiger charge is -2.17. The Kier molecular flexibility index (Phi) is 4.44. The minimum atomic E-state index is 0.351. The summed E-state index contributed by atoms with van der Waals surface area (Å²) in [6.45, 7) is 7.27. The maximum Gasteiger partial charge on any atom is 0.0900 e. The summed E-state index contributed by atoms with van der Waals surface area (Å²) in [7, 11) is 0. The van der Waals surface area contributed by atoms with Gasteiger partial charge in [-0.1, -0.05) is 6.92 Å². The lowest BCUT2D eigenvalue weighted by Crippen LogP contribution is -2.22. The van der Waals surface area contributed by atoms with E-state index in [-0.39, 0.29) is 0 Å². The number of likely N-dealkylation sites (N-methyl/N-ethyl adjacent to an activating group) is 1. The molecule has 0 aromatic carbocycles. The van der Waals surface area contributed by atoms with E-state index in [4.69, 9.17) is 0 Å². The molecule has 0 aliphatic carbocycles. The molecule has 1 unspecified atom stereocenters. The first-order chi connectivity index (χ1) is 8.70. The molecule has 2 rings (SSSR count). The van der Waals surface area contributed by atoms with Crippen molar-refractivity contribution < 1.29 is 0 Å². The van der Waals surface area contributed by atoms with Crippen LogP contribution in [0, 0.1) is 13.8 Å². The van der Waals surface area contributed by atoms with Crippen LogP contribution in [0.4, 0.5) is 0 Å². The van der Waals surface area contributed by atoms with E-state index in [2.05, 4.69) is 48.2 Å². The zero-order chi connectivity index (χ0) is 13.0. The number of pyridine rings is 1. The van der Waals surface area contributed by atoms with Gasteiger partial charge in [-0.2, -0.15) is 0 Å². The van der Waals surface area contributed by atoms with Gasteiger partial charge < -0.3 is 5.32 Å². The van der Waals surface area contributed by atoms with Crippen LogP contribution in [0.5, 0.6) is 0 Å². The summed E-state index contributed by atoms with van der Waals surface area (Å²) in [5.41, 5.74) is 2.46. The van der Waals surface area contributed by atoms with E-state index in [0.29, 0.717) is 6.04 Å². The third kappa shape index (κ3) is 3.15. The van der Waals surface area contributed by atoms with Gasteiger partial charge in [0, 0.05) is 23.3 Å². The van der Waals surface area contributed by atoms with Crippen molar-refractivity contribution in [2.24, 2.45) is 0 Å². The number of rotatable bonds is 5. The third-order valence-corrected chi connectivity index (χ3v) is 4.08. The van der Waals surface area contributed by atoms with Crippen LogP contribution in [-0.2, 0) is 6.42 Å². The van der Waals surface area contributed by atoms with Crippen molar-refractivity contribution >= 4 is 11.3 Å². The largest absolute Gasteiger partial charge is 0.309 e. The van der Waals surface area contributed by atoms with Crippen LogP contribution in [0.2, 0.25) is 0 Å². The Morgan fingerprint density at radius 3 is 2.56 bits per heavy atom. The maximum absolute atomic E-state index is 4.52. The van der Waals surface area contributed by atoms with E-state index in [0.717, 1.165) is 23.7 Å². The summed E-state index contributed by atoms with van der Waals surface area (Å²) in [5, 5.41) is 4.69. The van der Waals surface area contributed by atoms with Crippen LogP contribution in [0.3, 0.4) is 0 Å². The van der Waals surface area contributed by atoms with Crippen LogP contribution < -0.4 is 5.32 Å². The molecule has 0 saturated carbocycles. The molecule has 0 amide bonds. The number of thiazole rings is 1. The fraction of sp³-hybridized carbons (Fsp3) is 0.429. The standard InChI is InChI=1S/C14H19N3S/c1-4-16-13(9-12-5-7-15-8-6-12)14-10(2)17-11(3)18-14/h5-8,13,16H,4,9H2,1-3H3. The van der Waals surface area contributed by atoms with E-state index in [1.807, 2.05) is 12.4 Å². The van der Waals surface area contributed by atoms with Gasteiger partial charge in [0.05, 0.1) is 10.7 Å². The van der Waals surface area contributed by atoms with Crippen molar-refractivity contribution in [3.63, 3.8) is 0 Å². The highest BCUT2D eigenvalue weighted by Gasteiger charge is 2.16. The minimum absolute atomic E-state index is 0.351. The second-order valence-electron chi connectivity index (χ2n) is 4.35. The van der Waals surface area contributed by atoms with Crippen molar-refractivity contribution in [3.05, 3.63) is 45.7 Å². The van der Waals surface area contributed by atoms with Gasteiger partial charge in [0.2, 0.25) is 0 Å². The monoisotopic (exact) mass is 261 g/mol. The molecule has 0 radical (unpaired) electrons. The van der Waals surface area contributed by atoms with E-state index in [9.17, 15) is 0 Å². The predicted molar refractivity (Wildman–Crippen MR) is 75.9 cm³/mol. The maximum atomic E-state index is 4.52. The zero-order valence-corrected chi connectivity index (χ0v) is 11.9. The summed E-state index contributed by atoms with van der Waals surface area (Å²) < 4.78 is 0. The Morgan fingerprint density at radius 2 is 2.00 bits per heavy atom. The van der Waals surface area contributed by atoms with Gasteiger partial charge in [-0.05, 0) is 44.5 Å². The van der Waals surface area contributed by atoms with Gasteiger partial charge in [0.1, 0.15) is 0 Å². The van der Waals surface area contributed by atoms with E-state index >= 15 is 0 Å². The summed E-state index contributed by atoms with van der Waals surface area (Å²) in [5.74, 6) is 0. The second kappa shape index (κ2) is 6.07. The van der Waals surface area contributed by atoms with Crippen molar-refractivity contribution in [3.8, 4) is 0 Å². The molecule has 0 spiro atoms. The smallest absolute Gasteiger partial charge is 0.0900 e. The summed E-state index contributed by atoms with van der Waals surface area (Å²) in [6, 6.07) is 4.50. The van der Waals surface area contributed by atoms with Gasteiger partial charge in [-0.25, -0.2) is 4.98 Å². The van der Waals surface area contributed by atoms with E-state index < -0.39 is 0 Å². The van der Waals surface area contributed by atoms with Crippen LogP contribution in [0.1, 0.15) is 34.1 Å². The topological polar surface area (TPSA) is 37.8 Å². The van der Waals surface area contributed by atoms with Gasteiger partial charge in [0.25, 0.3) is 0 Å². The van der Waals surface area contributed by atoms with Gasteiger partial charge in [0.15, 0.2) is 0 Å². The molecule has 1 N–H and O–H groups in total. The molecule has 0 aliphatic heterocycles. The SMILES string of the molecule is CCNC(Cc1ccncc1)c1sc(C)nc1C. The Labute approximate surface area is 112 Å². The zero-order valence-electron chi connectivity index (χ0n) is 11.1. The average molecular weight is 261 g/mol. The van der Waals surface area contributed by atoms with E-state index in [1.165, 1.54) is 10.4 Å². The fourth-order valence-electron chi connectivity index (χ4n) is 2.13. The van der Waals surface area contributed by atoms with Crippen molar-refractivity contribution in [1.82, 2.24) is 15.3 Å². The summed E-state index contributed by atoms with van der Waals surface area (Å²) in [6.07, 6.45) is 4.69. The normalized spacial score (nSPS) is 12.6. The van der Waals surface area contributed by atoms with Gasteiger partial charge >= 0.3 is 0 Å². The Hall–Kier alpha value is -1.26. The first-order valence-electron chi connectivity index (χ1n) is 6.27. The molecule has 1 atom stereocenters. The van der Waals surface area contributed by atoms with Crippen molar-refractivity contribution in [2.75, 3.05) is 6.54 Å². The number of nitrogens with zero attached hydrogens (tertiary/aromatic N) is 2. The third-order valence-electron chi connectivity index (χ3n) is 2.90. The number of aromatic nitrogens is 2. The molecule has 2 aromatic rings. The molecule has 96 valence electrons. The van der Waals surface area contributed by atoms with Crippen LogP contribution in [0.15, 0.2) is 24.5 Å². The number of aryl methyl sites for hydroxylation is 2. The van der Waals surface area contributed by atoms with Crippen LogP contribution in [-0.4, -0.2) is 16.5 Å². The average Bonchev–Trinajstić information content (AvgIpc) is 2.69. The van der Waals surface area contributed by atoms with Gasteiger partial charge in [-0.15, -0.1) is 11.3 Å². The predicted octanol–water partition coefficient (Wildman–Crippen LogP) is 3.05. The Balaban J connectivity index is 2.21. The highest BCUT2D eigenvalue weighted by molar-refractivity contribution is 7.11. The molecular weight excluding hydrogens is 242 g/mol. The molecular formula is C14H19N3S. The molecule has 4 heteroatoms. The number of hydrogen-bond acceptors (Lipinski definition) is 4. The molecule has 0 bridgehead atoms. The molecule has 18 heavy (non-hydrogen) atoms. The number of nitrogens with one attached hydrogen (secondary N) is 1. The minimum Gasteiger partial charge on any atom is -0.309 e. The molecule has 2 aromatic heterocycles. The van der Waals surface area contributed by atoms with Gasteiger partial charge in [-0.3, -0.25) is 4.98 Å². The lowest BCUT2D eigenvalue weighted by atomic mass is 10.0. The molecule has 0 saturated heterocycles. The van der Waals surface area contributed by atoms with E-state index in [1.54, 1.807) is 11.3 Å². The molecule has 0 fully saturated rings. The molecule has 2 heterocycles. The van der Waals surface area contributed by atoms with Crippen molar-refractivity contribution in [1.29, 1.82) is 0 Å². The Bertz CT molecular complexity index is 493. The Morgan fingerprint density at radius 1 is 1.28 bits per heavy atom. The second-order valence-corrected chi connectivity index (χ2v) is 5.59. The first-order valence-corrected chi connectivity index (χ1v) is 7.08. The summed E-state index contributed by atoms with van der Waals surface area (Å²) >= 11 is 1.79. The molecule has 3 nitrogen and oxygen atoms in total. The summed E-state index contributed by atoms with van der Waals surface area (Å²) in [4.78, 5) is 9.94. The first kappa shape index (κ1) is 13.2. The quantitative estimate of drug-likeness (QED) is 0.899. The van der Waals surface area contributed by atoms with Crippen molar-refractivity contribution in [2.45, 2.75) is 33.2 Å². The lowest BCUT2D eigenvalue weighted by molar-refractivity contribution is 0.554. The fourth-order valence-corrected chi connectivity index (χ4v) is 3.13. The van der Waals surface area contributed by atoms with Crippen LogP contribution >= 0.6 is 11.3 Å². The van der Waals surface area contributed by atoms with Crippen LogP contribution in [0.25, 0.3) is 0 Å². The number of hydrogen-bond donors (Lipinski definition) is 1. The highest BCUT2D eigenvalue weighted by Crippen LogP contribution is 2.27. The highest BCUT2D eigenvalue weighted by atomic mass is 32.1. The molecule has 0 aliphatic rings.